The fourth-order valence-electron chi connectivity index (χ4n) is 2.94. The summed E-state index contributed by atoms with van der Waals surface area (Å²) in [6.07, 6.45) is 0.957. The third kappa shape index (κ3) is 2.26. The van der Waals surface area contributed by atoms with Gasteiger partial charge in [0.15, 0.2) is 0 Å². The third-order valence-electron chi connectivity index (χ3n) is 4.10. The Bertz CT molecular complexity index is 585. The van der Waals surface area contributed by atoms with E-state index in [9.17, 15) is 8.42 Å². The van der Waals surface area contributed by atoms with Crippen LogP contribution in [-0.2, 0) is 26.1 Å². The minimum Gasteiger partial charge on any atom is -0.381 e. The number of sulfonamides is 1. The van der Waals surface area contributed by atoms with Crippen LogP contribution in [0.4, 0.5) is 0 Å². The van der Waals surface area contributed by atoms with Gasteiger partial charge in [0, 0.05) is 32.2 Å². The van der Waals surface area contributed by atoms with E-state index in [-0.39, 0.29) is 5.41 Å². The minimum atomic E-state index is -3.42. The van der Waals surface area contributed by atoms with Gasteiger partial charge in [-0.2, -0.15) is 4.31 Å². The lowest BCUT2D eigenvalue weighted by atomic mass is 9.81. The third-order valence-corrected chi connectivity index (χ3v) is 5.99. The molecule has 1 aromatic carbocycles. The summed E-state index contributed by atoms with van der Waals surface area (Å²) in [5, 5.41) is 0. The van der Waals surface area contributed by atoms with Crippen molar-refractivity contribution in [3.63, 3.8) is 0 Å². The second-order valence-corrected chi connectivity index (χ2v) is 7.52. The molecule has 3 rings (SSSR count). The Morgan fingerprint density at radius 1 is 1.35 bits per heavy atom. The number of nitrogens with zero attached hydrogens (tertiary/aromatic N) is 1. The van der Waals surface area contributed by atoms with E-state index < -0.39 is 10.0 Å². The smallest absolute Gasteiger partial charge is 0.243 e. The van der Waals surface area contributed by atoms with Crippen molar-refractivity contribution in [2.24, 2.45) is 5.41 Å². The van der Waals surface area contributed by atoms with Crippen LogP contribution in [-0.4, -0.2) is 46.1 Å². The molecule has 0 unspecified atom stereocenters. The summed E-state index contributed by atoms with van der Waals surface area (Å²) in [6.45, 7) is 2.86. The van der Waals surface area contributed by atoms with Gasteiger partial charge in [-0.15, -0.1) is 0 Å². The van der Waals surface area contributed by atoms with E-state index in [0.29, 0.717) is 36.8 Å². The predicted molar refractivity (Wildman–Crippen MR) is 73.8 cm³/mol. The summed E-state index contributed by atoms with van der Waals surface area (Å²) in [5.41, 5.74) is 0.766. The Morgan fingerprint density at radius 3 is 2.75 bits per heavy atom. The molecule has 20 heavy (non-hydrogen) atoms. The van der Waals surface area contributed by atoms with Crippen molar-refractivity contribution in [3.05, 3.63) is 29.8 Å². The van der Waals surface area contributed by atoms with E-state index in [1.54, 1.807) is 29.6 Å². The zero-order chi connectivity index (χ0) is 14.2. The molecule has 0 aromatic heterocycles. The van der Waals surface area contributed by atoms with E-state index >= 15 is 0 Å². The van der Waals surface area contributed by atoms with Gasteiger partial charge in [0.1, 0.15) is 0 Å². The van der Waals surface area contributed by atoms with Gasteiger partial charge < -0.3 is 9.47 Å². The molecule has 2 aliphatic rings. The molecule has 0 radical (unpaired) electrons. The standard InChI is InChI=1S/C14H19NO4S/c1-18-8-12-4-2-3-5-13(12)20(16,17)15-9-14(10-15)6-7-19-11-14/h2-5H,6-11H2,1H3. The molecule has 110 valence electrons. The first-order valence-electron chi connectivity index (χ1n) is 6.72. The van der Waals surface area contributed by atoms with Crippen LogP contribution in [0.1, 0.15) is 12.0 Å². The first-order valence-corrected chi connectivity index (χ1v) is 8.16. The molecule has 1 spiro atoms. The number of rotatable bonds is 4. The lowest BCUT2D eigenvalue weighted by Crippen LogP contribution is -2.58. The van der Waals surface area contributed by atoms with E-state index in [1.165, 1.54) is 0 Å². The van der Waals surface area contributed by atoms with Crippen molar-refractivity contribution >= 4 is 10.0 Å². The van der Waals surface area contributed by atoms with Gasteiger partial charge in [0.25, 0.3) is 0 Å². The molecule has 6 heteroatoms. The summed E-state index contributed by atoms with van der Waals surface area (Å²) < 4.78 is 37.4. The molecule has 0 N–H and O–H groups in total. The van der Waals surface area contributed by atoms with Gasteiger partial charge in [-0.3, -0.25) is 0 Å². The summed E-state index contributed by atoms with van der Waals surface area (Å²) in [5.74, 6) is 0. The highest BCUT2D eigenvalue weighted by atomic mass is 32.2. The van der Waals surface area contributed by atoms with Gasteiger partial charge in [0.2, 0.25) is 10.0 Å². The molecule has 0 aliphatic carbocycles. The van der Waals surface area contributed by atoms with Crippen molar-refractivity contribution < 1.29 is 17.9 Å². The van der Waals surface area contributed by atoms with Crippen LogP contribution in [0.5, 0.6) is 0 Å². The van der Waals surface area contributed by atoms with Crippen LogP contribution in [0, 0.1) is 5.41 Å². The van der Waals surface area contributed by atoms with E-state index in [4.69, 9.17) is 9.47 Å². The average Bonchev–Trinajstić information content (AvgIpc) is 2.87. The second kappa shape index (κ2) is 5.11. The monoisotopic (exact) mass is 297 g/mol. The molecule has 0 saturated carbocycles. The van der Waals surface area contributed by atoms with E-state index in [1.807, 2.05) is 6.07 Å². The van der Waals surface area contributed by atoms with E-state index in [0.717, 1.165) is 13.0 Å². The highest BCUT2D eigenvalue weighted by Crippen LogP contribution is 2.41. The Kier molecular flexibility index (Phi) is 3.58. The first-order chi connectivity index (χ1) is 9.57. The van der Waals surface area contributed by atoms with Gasteiger partial charge in [-0.1, -0.05) is 18.2 Å². The van der Waals surface area contributed by atoms with Crippen molar-refractivity contribution in [2.75, 3.05) is 33.4 Å². The summed E-state index contributed by atoms with van der Waals surface area (Å²) in [6, 6.07) is 7.03. The molecular weight excluding hydrogens is 278 g/mol. The Labute approximate surface area is 119 Å². The van der Waals surface area contributed by atoms with Gasteiger partial charge in [0.05, 0.1) is 18.1 Å². The van der Waals surface area contributed by atoms with Crippen molar-refractivity contribution in [1.29, 1.82) is 0 Å². The molecule has 1 aromatic rings. The van der Waals surface area contributed by atoms with E-state index in [2.05, 4.69) is 0 Å². The largest absolute Gasteiger partial charge is 0.381 e. The van der Waals surface area contributed by atoms with Gasteiger partial charge in [-0.05, 0) is 18.1 Å². The molecule has 2 aliphatic heterocycles. The molecule has 2 fully saturated rings. The zero-order valence-corrected chi connectivity index (χ0v) is 12.4. The van der Waals surface area contributed by atoms with Crippen LogP contribution < -0.4 is 0 Å². The van der Waals surface area contributed by atoms with Gasteiger partial charge >= 0.3 is 0 Å². The van der Waals surface area contributed by atoms with Crippen molar-refractivity contribution in [3.8, 4) is 0 Å². The topological polar surface area (TPSA) is 55.8 Å². The minimum absolute atomic E-state index is 0.0588. The van der Waals surface area contributed by atoms with Crippen LogP contribution in [0.2, 0.25) is 0 Å². The fourth-order valence-corrected chi connectivity index (χ4v) is 4.81. The maximum Gasteiger partial charge on any atom is 0.243 e. The highest BCUT2D eigenvalue weighted by Gasteiger charge is 2.50. The highest BCUT2D eigenvalue weighted by molar-refractivity contribution is 7.89. The lowest BCUT2D eigenvalue weighted by molar-refractivity contribution is 0.0511. The summed E-state index contributed by atoms with van der Waals surface area (Å²) in [7, 11) is -1.85. The summed E-state index contributed by atoms with van der Waals surface area (Å²) >= 11 is 0. The number of hydrogen-bond acceptors (Lipinski definition) is 4. The maximum atomic E-state index is 12.7. The SMILES string of the molecule is COCc1ccccc1S(=O)(=O)N1CC2(CCOC2)C1. The predicted octanol–water partition coefficient (Wildman–Crippen LogP) is 1.24. The van der Waals surface area contributed by atoms with Crippen molar-refractivity contribution in [2.45, 2.75) is 17.9 Å². The Hall–Kier alpha value is -0.950. The number of benzene rings is 1. The zero-order valence-electron chi connectivity index (χ0n) is 11.5. The first kappa shape index (κ1) is 14.0. The van der Waals surface area contributed by atoms with Crippen molar-refractivity contribution in [1.82, 2.24) is 4.31 Å². The van der Waals surface area contributed by atoms with Crippen LogP contribution in [0.25, 0.3) is 0 Å². The van der Waals surface area contributed by atoms with Crippen LogP contribution in [0.3, 0.4) is 0 Å². The molecule has 0 bridgehead atoms. The molecule has 2 heterocycles. The second-order valence-electron chi connectivity index (χ2n) is 5.62. The summed E-state index contributed by atoms with van der Waals surface area (Å²) in [4.78, 5) is 0.357. The normalized spacial score (nSPS) is 22.1. The molecule has 0 amide bonds. The quantitative estimate of drug-likeness (QED) is 0.839. The Balaban J connectivity index is 1.83. The molecular formula is C14H19NO4S. The fraction of sp³-hybridized carbons (Fsp3) is 0.571. The maximum absolute atomic E-state index is 12.7. The van der Waals surface area contributed by atoms with Gasteiger partial charge in [-0.25, -0.2) is 8.42 Å². The van der Waals surface area contributed by atoms with Crippen LogP contribution >= 0.6 is 0 Å². The number of ether oxygens (including phenoxy) is 2. The average molecular weight is 297 g/mol. The Morgan fingerprint density at radius 2 is 2.10 bits per heavy atom. The lowest BCUT2D eigenvalue weighted by Gasteiger charge is -2.46. The van der Waals surface area contributed by atoms with Crippen LogP contribution in [0.15, 0.2) is 29.2 Å². The molecule has 2 saturated heterocycles. The molecule has 5 nitrogen and oxygen atoms in total. The number of hydrogen-bond donors (Lipinski definition) is 0. The molecule has 0 atom stereocenters. The number of methoxy groups -OCH3 is 1.